The lowest BCUT2D eigenvalue weighted by Crippen LogP contribution is -2.32. The van der Waals surface area contributed by atoms with E-state index in [4.69, 9.17) is 0 Å². The Bertz CT molecular complexity index is 3410. The van der Waals surface area contributed by atoms with Crippen molar-refractivity contribution in [3.63, 3.8) is 0 Å². The van der Waals surface area contributed by atoms with Gasteiger partial charge in [-0.15, -0.1) is 11.3 Å². The molecule has 12 rings (SSSR count). The molecule has 1 heteroatoms. The molecular weight excluding hydrogens is 801 g/mol. The molecule has 5 unspecified atom stereocenters. The summed E-state index contributed by atoms with van der Waals surface area (Å²) < 4.78 is 2.78. The average molecular weight is 855 g/mol. The maximum atomic E-state index is 2.65. The lowest BCUT2D eigenvalue weighted by molar-refractivity contribution is 0.286. The highest BCUT2D eigenvalue weighted by molar-refractivity contribution is 7.26. The summed E-state index contributed by atoms with van der Waals surface area (Å²) in [4.78, 5) is 0. The zero-order valence-corrected chi connectivity index (χ0v) is 38.6. The summed E-state index contributed by atoms with van der Waals surface area (Å²) in [5, 5.41) is 5.54. The fourth-order valence-electron chi connectivity index (χ4n) is 12.2. The Balaban J connectivity index is 0.961. The Morgan fingerprint density at radius 3 is 2.05 bits per heavy atom. The Kier molecular flexibility index (Phi) is 9.76. The van der Waals surface area contributed by atoms with Crippen LogP contribution in [0.1, 0.15) is 107 Å². The van der Waals surface area contributed by atoms with Crippen LogP contribution in [0, 0.1) is 6.92 Å². The molecule has 1 saturated carbocycles. The van der Waals surface area contributed by atoms with Gasteiger partial charge in [0, 0.05) is 25.6 Å². The van der Waals surface area contributed by atoms with Crippen LogP contribution < -0.4 is 0 Å². The van der Waals surface area contributed by atoms with Crippen molar-refractivity contribution < 1.29 is 0 Å². The van der Waals surface area contributed by atoms with Gasteiger partial charge in [-0.25, -0.2) is 0 Å². The van der Waals surface area contributed by atoms with Crippen LogP contribution in [0.3, 0.4) is 0 Å². The van der Waals surface area contributed by atoms with E-state index in [1.54, 1.807) is 0 Å². The third-order valence-corrected chi connectivity index (χ3v) is 16.9. The van der Waals surface area contributed by atoms with Crippen molar-refractivity contribution in [2.24, 2.45) is 0 Å². The van der Waals surface area contributed by atoms with E-state index in [0.717, 1.165) is 12.8 Å². The van der Waals surface area contributed by atoms with Gasteiger partial charge < -0.3 is 0 Å². The van der Waals surface area contributed by atoms with Gasteiger partial charge in [-0.2, -0.15) is 0 Å². The minimum atomic E-state index is -0.161. The van der Waals surface area contributed by atoms with Gasteiger partial charge in [-0.1, -0.05) is 220 Å². The van der Waals surface area contributed by atoms with Crippen molar-refractivity contribution >= 4 is 42.3 Å². The largest absolute Gasteiger partial charge is 0.135 e. The summed E-state index contributed by atoms with van der Waals surface area (Å²) in [7, 11) is 0. The summed E-state index contributed by atoms with van der Waals surface area (Å²) in [6.45, 7) is 9.70. The minimum absolute atomic E-state index is 0.161. The predicted octanol–water partition coefficient (Wildman–Crippen LogP) is 17.7. The standard InChI is InChI=1S/C64H54S/c1-40-18-15-25-47(34-40)55-38-57(61(55)44-22-9-6-10-23-44)56-39-59-62(50-28-12-11-26-48(50)56)53-33-32-45(37-58(53)64(59,3)4)41(2)54(36-42-19-16-24-46(35-42)43-20-7-5-8-21-43)52-30-17-29-51-49-27-13-14-31-60(49)65-63(51)52/h5-35,37,39,41,54-55,57,61H,36,38H2,1-4H3. The molecule has 0 saturated heterocycles. The van der Waals surface area contributed by atoms with Crippen LogP contribution in [0.25, 0.3) is 53.2 Å². The van der Waals surface area contributed by atoms with Crippen molar-refractivity contribution in [1.82, 2.24) is 0 Å². The summed E-state index contributed by atoms with van der Waals surface area (Å²) in [6.07, 6.45) is 2.11. The zero-order chi connectivity index (χ0) is 43.8. The number of rotatable bonds is 9. The highest BCUT2D eigenvalue weighted by Gasteiger charge is 2.46. The molecule has 2 aliphatic carbocycles. The molecule has 10 aromatic rings. The quantitative estimate of drug-likeness (QED) is 0.136. The summed E-state index contributed by atoms with van der Waals surface area (Å²) >= 11 is 1.96. The summed E-state index contributed by atoms with van der Waals surface area (Å²) in [5.74, 6) is 1.89. The van der Waals surface area contributed by atoms with Gasteiger partial charge in [0.2, 0.25) is 0 Å². The number of hydrogen-bond donors (Lipinski definition) is 0. The van der Waals surface area contributed by atoms with Gasteiger partial charge in [0.05, 0.1) is 0 Å². The maximum absolute atomic E-state index is 2.65. The van der Waals surface area contributed by atoms with E-state index in [1.165, 1.54) is 103 Å². The Hall–Kier alpha value is -6.54. The van der Waals surface area contributed by atoms with E-state index in [-0.39, 0.29) is 17.3 Å². The van der Waals surface area contributed by atoms with E-state index < -0.39 is 0 Å². The predicted molar refractivity (Wildman–Crippen MR) is 278 cm³/mol. The first-order valence-electron chi connectivity index (χ1n) is 23.7. The van der Waals surface area contributed by atoms with Gasteiger partial charge in [-0.05, 0) is 133 Å². The SMILES string of the molecule is Cc1cccc(C2CC(c3cc4c(c5ccccc35)-c3ccc(C(C)C(Cc5cccc(-c6ccccc6)c5)c5cccc6c5sc5ccccc56)cc3C4(C)C)C2c2ccccc2)c1. The fourth-order valence-corrected chi connectivity index (χ4v) is 13.5. The van der Waals surface area contributed by atoms with Crippen LogP contribution >= 0.6 is 11.3 Å². The van der Waals surface area contributed by atoms with E-state index in [2.05, 4.69) is 228 Å². The van der Waals surface area contributed by atoms with E-state index in [0.29, 0.717) is 17.8 Å². The van der Waals surface area contributed by atoms with Gasteiger partial charge in [-0.3, -0.25) is 0 Å². The smallest absolute Gasteiger partial charge is 0.0390 e. The van der Waals surface area contributed by atoms with E-state index in [1.807, 2.05) is 11.3 Å². The fraction of sp³-hybridized carbons (Fsp3) is 0.188. The molecule has 0 amide bonds. The molecule has 0 N–H and O–H groups in total. The second kappa shape index (κ2) is 15.9. The van der Waals surface area contributed by atoms with Gasteiger partial charge >= 0.3 is 0 Å². The number of benzene rings is 9. The molecule has 5 atom stereocenters. The van der Waals surface area contributed by atoms with Crippen molar-refractivity contribution in [2.75, 3.05) is 0 Å². The molecule has 2 aliphatic rings. The van der Waals surface area contributed by atoms with Crippen molar-refractivity contribution in [3.05, 3.63) is 250 Å². The lowest BCUT2D eigenvalue weighted by Gasteiger charge is -2.47. The number of hydrogen-bond acceptors (Lipinski definition) is 1. The second-order valence-electron chi connectivity index (χ2n) is 19.7. The van der Waals surface area contributed by atoms with Crippen molar-refractivity contribution in [1.29, 1.82) is 0 Å². The van der Waals surface area contributed by atoms with Crippen LogP contribution in [0.4, 0.5) is 0 Å². The Labute approximate surface area is 388 Å². The molecule has 316 valence electrons. The molecule has 65 heavy (non-hydrogen) atoms. The molecule has 9 aromatic carbocycles. The highest BCUT2D eigenvalue weighted by atomic mass is 32.1. The Morgan fingerprint density at radius 2 is 1.23 bits per heavy atom. The summed E-state index contributed by atoms with van der Waals surface area (Å²) in [6, 6.07) is 76.3. The van der Waals surface area contributed by atoms with Crippen LogP contribution in [0.15, 0.2) is 200 Å². The third kappa shape index (κ3) is 6.70. The van der Waals surface area contributed by atoms with Crippen LogP contribution in [-0.2, 0) is 11.8 Å². The highest BCUT2D eigenvalue weighted by Crippen LogP contribution is 2.61. The second-order valence-corrected chi connectivity index (χ2v) is 20.7. The Morgan fingerprint density at radius 1 is 0.554 bits per heavy atom. The number of fused-ring (bicyclic) bond motifs is 8. The lowest BCUT2D eigenvalue weighted by atomic mass is 9.56. The first-order valence-corrected chi connectivity index (χ1v) is 24.5. The molecule has 1 aromatic heterocycles. The number of aryl methyl sites for hydroxylation is 1. The van der Waals surface area contributed by atoms with Crippen LogP contribution in [-0.4, -0.2) is 0 Å². The molecule has 0 nitrogen and oxygen atoms in total. The maximum Gasteiger partial charge on any atom is 0.0390 e. The molecule has 0 radical (unpaired) electrons. The van der Waals surface area contributed by atoms with E-state index >= 15 is 0 Å². The van der Waals surface area contributed by atoms with Crippen molar-refractivity contribution in [2.45, 2.75) is 75.5 Å². The van der Waals surface area contributed by atoms with Crippen LogP contribution in [0.5, 0.6) is 0 Å². The van der Waals surface area contributed by atoms with Crippen LogP contribution in [0.2, 0.25) is 0 Å². The van der Waals surface area contributed by atoms with Gasteiger partial charge in [0.25, 0.3) is 0 Å². The zero-order valence-electron chi connectivity index (χ0n) is 37.8. The molecule has 0 spiro atoms. The summed E-state index contributed by atoms with van der Waals surface area (Å²) in [5.41, 5.74) is 18.2. The third-order valence-electron chi connectivity index (χ3n) is 15.6. The van der Waals surface area contributed by atoms with Crippen molar-refractivity contribution in [3.8, 4) is 22.3 Å². The normalized spacial score (nSPS) is 18.3. The van der Waals surface area contributed by atoms with Gasteiger partial charge in [0.1, 0.15) is 0 Å². The molecule has 0 bridgehead atoms. The average Bonchev–Trinajstić information content (AvgIpc) is 3.82. The first-order chi connectivity index (χ1) is 31.8. The van der Waals surface area contributed by atoms with Gasteiger partial charge in [0.15, 0.2) is 0 Å². The molecule has 1 fully saturated rings. The molecule has 1 heterocycles. The minimum Gasteiger partial charge on any atom is -0.135 e. The first kappa shape index (κ1) is 40.0. The molecular formula is C64H54S. The molecule has 0 aliphatic heterocycles. The monoisotopic (exact) mass is 854 g/mol. The topological polar surface area (TPSA) is 0 Å². The number of thiophene rings is 1. The van der Waals surface area contributed by atoms with E-state index in [9.17, 15) is 0 Å².